The van der Waals surface area contributed by atoms with E-state index in [1.165, 1.54) is 55.0 Å². The number of allylic oxidation sites excluding steroid dienone is 1. The number of nitrogens with zero attached hydrogens (tertiary/aromatic N) is 2. The zero-order valence-corrected chi connectivity index (χ0v) is 17.4. The maximum absolute atomic E-state index is 13.0. The molecule has 7 nitrogen and oxygen atoms in total. The number of carbonyl (C=O) groups is 1. The van der Waals surface area contributed by atoms with Gasteiger partial charge in [-0.25, -0.2) is 8.42 Å². The van der Waals surface area contributed by atoms with Crippen LogP contribution in [0.1, 0.15) is 24.2 Å². The van der Waals surface area contributed by atoms with Gasteiger partial charge in [-0.05, 0) is 56.3 Å². The minimum Gasteiger partial charge on any atom is -0.491 e. The number of aliphatic imine (C=N–C) groups is 1. The summed E-state index contributed by atoms with van der Waals surface area (Å²) in [4.78, 5) is 19.2. The highest BCUT2D eigenvalue weighted by molar-refractivity contribution is 7.89. The predicted molar refractivity (Wildman–Crippen MR) is 111 cm³/mol. The third kappa shape index (κ3) is 4.72. The number of hydrogen-bond acceptors (Lipinski definition) is 6. The van der Waals surface area contributed by atoms with E-state index in [2.05, 4.69) is 14.7 Å². The Labute approximate surface area is 174 Å². The summed E-state index contributed by atoms with van der Waals surface area (Å²) in [7, 11) is -3.99. The largest absolute Gasteiger partial charge is 0.491 e. The predicted octanol–water partition coefficient (Wildman–Crippen LogP) is 2.97. The number of dihydropyridines is 1. The molecule has 2 unspecified atom stereocenters. The van der Waals surface area contributed by atoms with Crippen molar-refractivity contribution < 1.29 is 17.9 Å². The van der Waals surface area contributed by atoms with Gasteiger partial charge in [0.15, 0.2) is 10.7 Å². The molecule has 29 heavy (non-hydrogen) atoms. The third-order valence-corrected chi connectivity index (χ3v) is 6.05. The van der Waals surface area contributed by atoms with Crippen LogP contribution in [-0.4, -0.2) is 42.5 Å². The average Bonchev–Trinajstić information content (AvgIpc) is 2.70. The van der Waals surface area contributed by atoms with Crippen molar-refractivity contribution in [1.29, 1.82) is 0 Å². The number of sulfonamides is 1. The number of ether oxygens (including phenoxy) is 1. The van der Waals surface area contributed by atoms with Crippen molar-refractivity contribution >= 4 is 33.6 Å². The fraction of sp³-hybridized carbons (Fsp3) is 0.250. The summed E-state index contributed by atoms with van der Waals surface area (Å²) in [5.74, 6) is 0.0696. The SMILES string of the molecule is CC(C)Oc1ccc(S(=O)(=O)NC2N=CC=CC2(Cl)C(=O)c2ccncc2)cc1. The number of pyridine rings is 1. The lowest BCUT2D eigenvalue weighted by Gasteiger charge is -2.31. The fourth-order valence-corrected chi connectivity index (χ4v) is 4.27. The quantitative estimate of drug-likeness (QED) is 0.534. The van der Waals surface area contributed by atoms with Gasteiger partial charge in [0, 0.05) is 24.2 Å². The minimum absolute atomic E-state index is 0.00809. The second-order valence-corrected chi connectivity index (χ2v) is 8.99. The fourth-order valence-electron chi connectivity index (χ4n) is 2.74. The van der Waals surface area contributed by atoms with Crippen LogP contribution in [0.5, 0.6) is 5.75 Å². The molecule has 2 atom stereocenters. The Bertz CT molecular complexity index is 1040. The first-order chi connectivity index (χ1) is 13.7. The molecular weight excluding hydrogens is 414 g/mol. The molecule has 1 aromatic carbocycles. The Morgan fingerprint density at radius 2 is 1.83 bits per heavy atom. The van der Waals surface area contributed by atoms with Gasteiger partial charge in [0.25, 0.3) is 0 Å². The van der Waals surface area contributed by atoms with Crippen molar-refractivity contribution in [3.05, 3.63) is 66.5 Å². The first kappa shape index (κ1) is 21.2. The molecule has 0 radical (unpaired) electrons. The number of nitrogens with one attached hydrogen (secondary N) is 1. The van der Waals surface area contributed by atoms with Crippen molar-refractivity contribution in [2.24, 2.45) is 4.99 Å². The van der Waals surface area contributed by atoms with E-state index in [0.717, 1.165) is 0 Å². The number of aromatic nitrogens is 1. The first-order valence-corrected chi connectivity index (χ1v) is 10.7. The van der Waals surface area contributed by atoms with Crippen LogP contribution in [0.4, 0.5) is 0 Å². The molecule has 2 heterocycles. The van der Waals surface area contributed by atoms with Crippen LogP contribution in [0.2, 0.25) is 0 Å². The molecule has 0 aliphatic carbocycles. The molecule has 0 amide bonds. The van der Waals surface area contributed by atoms with E-state index in [1.807, 2.05) is 13.8 Å². The Kier molecular flexibility index (Phi) is 6.16. The van der Waals surface area contributed by atoms with Gasteiger partial charge in [0.05, 0.1) is 11.0 Å². The van der Waals surface area contributed by atoms with E-state index in [-0.39, 0.29) is 11.0 Å². The van der Waals surface area contributed by atoms with E-state index in [9.17, 15) is 13.2 Å². The summed E-state index contributed by atoms with van der Waals surface area (Å²) < 4.78 is 33.7. The van der Waals surface area contributed by atoms with Gasteiger partial charge in [-0.3, -0.25) is 14.8 Å². The zero-order chi connectivity index (χ0) is 21.1. The summed E-state index contributed by atoms with van der Waals surface area (Å²) >= 11 is 6.58. The summed E-state index contributed by atoms with van der Waals surface area (Å²) in [6, 6.07) is 8.99. The normalized spacial score (nSPS) is 21.3. The van der Waals surface area contributed by atoms with Crippen LogP contribution < -0.4 is 9.46 Å². The van der Waals surface area contributed by atoms with E-state index >= 15 is 0 Å². The molecule has 0 saturated carbocycles. The Hall–Kier alpha value is -2.55. The molecule has 1 aliphatic rings. The van der Waals surface area contributed by atoms with Crippen molar-refractivity contribution in [2.45, 2.75) is 35.9 Å². The van der Waals surface area contributed by atoms with Crippen molar-refractivity contribution in [2.75, 3.05) is 0 Å². The molecule has 1 aliphatic heterocycles. The maximum atomic E-state index is 13.0. The Balaban J connectivity index is 1.85. The Morgan fingerprint density at radius 1 is 1.17 bits per heavy atom. The van der Waals surface area contributed by atoms with Crippen molar-refractivity contribution in [3.63, 3.8) is 0 Å². The molecule has 0 bridgehead atoms. The topological polar surface area (TPSA) is 97.7 Å². The molecule has 152 valence electrons. The molecule has 3 rings (SSSR count). The molecule has 1 aromatic heterocycles. The number of ketones is 1. The van der Waals surface area contributed by atoms with Gasteiger partial charge in [-0.2, -0.15) is 4.72 Å². The molecular formula is C20H20ClN3O4S. The third-order valence-electron chi connectivity index (χ3n) is 4.12. The number of rotatable bonds is 7. The monoisotopic (exact) mass is 433 g/mol. The molecule has 1 N–H and O–H groups in total. The molecule has 9 heteroatoms. The first-order valence-electron chi connectivity index (χ1n) is 8.86. The highest BCUT2D eigenvalue weighted by Crippen LogP contribution is 2.31. The lowest BCUT2D eigenvalue weighted by atomic mass is 9.93. The van der Waals surface area contributed by atoms with E-state index in [0.29, 0.717) is 11.3 Å². The van der Waals surface area contributed by atoms with E-state index in [4.69, 9.17) is 16.3 Å². The van der Waals surface area contributed by atoms with Crippen molar-refractivity contribution in [3.8, 4) is 5.75 Å². The number of benzene rings is 1. The van der Waals surface area contributed by atoms with Crippen LogP contribution in [0.15, 0.2) is 70.8 Å². The molecule has 2 aromatic rings. The summed E-state index contributed by atoms with van der Waals surface area (Å²) in [5.41, 5.74) is 0.302. The lowest BCUT2D eigenvalue weighted by Crippen LogP contribution is -2.52. The van der Waals surface area contributed by atoms with E-state index in [1.54, 1.807) is 12.1 Å². The zero-order valence-electron chi connectivity index (χ0n) is 15.8. The minimum atomic E-state index is -3.99. The number of Topliss-reactive ketones (excluding diaryl/α,β-unsaturated/α-hetero) is 1. The van der Waals surface area contributed by atoms with Gasteiger partial charge in [-0.15, -0.1) is 11.6 Å². The van der Waals surface area contributed by atoms with Crippen LogP contribution in [0.3, 0.4) is 0 Å². The van der Waals surface area contributed by atoms with Gasteiger partial charge in [0.2, 0.25) is 10.0 Å². The Morgan fingerprint density at radius 3 is 2.45 bits per heavy atom. The standard InChI is InChI=1S/C20H20ClN3O4S/c1-14(2)28-16-4-6-17(7-5-16)29(26,27)24-19-20(21,10-3-11-23-19)18(25)15-8-12-22-13-9-15/h3-14,19,24H,1-2H3. The van der Waals surface area contributed by atoms with Gasteiger partial charge in [0.1, 0.15) is 11.9 Å². The molecule has 0 fully saturated rings. The summed E-state index contributed by atoms with van der Waals surface area (Å²) in [6.07, 6.45) is 6.01. The van der Waals surface area contributed by atoms with Gasteiger partial charge >= 0.3 is 0 Å². The highest BCUT2D eigenvalue weighted by Gasteiger charge is 2.45. The smallest absolute Gasteiger partial charge is 0.242 e. The van der Waals surface area contributed by atoms with Gasteiger partial charge in [-0.1, -0.05) is 6.08 Å². The molecule has 0 saturated heterocycles. The maximum Gasteiger partial charge on any atom is 0.242 e. The van der Waals surface area contributed by atoms with Crippen LogP contribution in [0, 0.1) is 0 Å². The van der Waals surface area contributed by atoms with Crippen LogP contribution in [0.25, 0.3) is 0 Å². The number of hydrogen-bond donors (Lipinski definition) is 1. The second kappa shape index (κ2) is 8.44. The van der Waals surface area contributed by atoms with Crippen LogP contribution in [-0.2, 0) is 10.0 Å². The summed E-state index contributed by atoms with van der Waals surface area (Å²) in [5, 5.41) is 0. The molecule has 0 spiro atoms. The van der Waals surface area contributed by atoms with E-state index < -0.39 is 26.8 Å². The lowest BCUT2D eigenvalue weighted by molar-refractivity contribution is 0.0945. The van der Waals surface area contributed by atoms with Crippen molar-refractivity contribution in [1.82, 2.24) is 9.71 Å². The number of alkyl halides is 1. The van der Waals surface area contributed by atoms with Crippen LogP contribution >= 0.6 is 11.6 Å². The average molecular weight is 434 g/mol. The summed E-state index contributed by atoms with van der Waals surface area (Å²) in [6.45, 7) is 3.75. The number of carbonyl (C=O) groups excluding carboxylic acids is 1. The highest BCUT2D eigenvalue weighted by atomic mass is 35.5. The number of halogens is 1. The van der Waals surface area contributed by atoms with Gasteiger partial charge < -0.3 is 4.74 Å². The second-order valence-electron chi connectivity index (χ2n) is 6.65.